The van der Waals surface area contributed by atoms with E-state index in [4.69, 9.17) is 4.74 Å². The molecule has 0 aliphatic heterocycles. The molecule has 136 valence electrons. The van der Waals surface area contributed by atoms with Gasteiger partial charge in [-0.05, 0) is 26.3 Å². The molecule has 0 aromatic rings. The van der Waals surface area contributed by atoms with Crippen LogP contribution in [-0.4, -0.2) is 74.6 Å². The van der Waals surface area contributed by atoms with Crippen LogP contribution in [0.15, 0.2) is 0 Å². The van der Waals surface area contributed by atoms with Crippen LogP contribution in [-0.2, 0) is 14.3 Å². The molecule has 1 aliphatic rings. The molecule has 0 aromatic carbocycles. The van der Waals surface area contributed by atoms with E-state index in [1.54, 1.807) is 31.0 Å². The number of ether oxygens (including phenoxy) is 1. The average molecular weight is 338 g/mol. The number of amides is 2. The first kappa shape index (κ1) is 20.4. The molecule has 2 amide bonds. The largest absolute Gasteiger partial charge is 0.385 e. The van der Waals surface area contributed by atoms with Crippen LogP contribution in [0.5, 0.6) is 0 Å². The van der Waals surface area contributed by atoms with E-state index in [2.05, 4.69) is 11.4 Å². The van der Waals surface area contributed by atoms with Crippen molar-refractivity contribution in [2.24, 2.45) is 0 Å². The first-order valence-electron chi connectivity index (χ1n) is 8.57. The summed E-state index contributed by atoms with van der Waals surface area (Å²) >= 11 is 0. The predicted molar refractivity (Wildman–Crippen MR) is 91.2 cm³/mol. The quantitative estimate of drug-likeness (QED) is 0.627. The fourth-order valence-electron chi connectivity index (χ4n) is 3.04. The lowest BCUT2D eigenvalue weighted by Crippen LogP contribution is -2.52. The van der Waals surface area contributed by atoms with Gasteiger partial charge in [0.1, 0.15) is 5.54 Å². The second kappa shape index (κ2) is 10.3. The maximum Gasteiger partial charge on any atom is 0.237 e. The van der Waals surface area contributed by atoms with Gasteiger partial charge >= 0.3 is 0 Å². The van der Waals surface area contributed by atoms with E-state index >= 15 is 0 Å². The minimum Gasteiger partial charge on any atom is -0.385 e. The predicted octanol–water partition coefficient (Wildman–Crippen LogP) is 0.756. The highest BCUT2D eigenvalue weighted by Crippen LogP contribution is 2.32. The number of nitrogens with zero attached hydrogens (tertiary/aromatic N) is 3. The van der Waals surface area contributed by atoms with Crippen molar-refractivity contribution in [2.75, 3.05) is 47.4 Å². The minimum atomic E-state index is -0.682. The summed E-state index contributed by atoms with van der Waals surface area (Å²) in [6.45, 7) is 1.46. The summed E-state index contributed by atoms with van der Waals surface area (Å²) < 4.78 is 4.92. The summed E-state index contributed by atoms with van der Waals surface area (Å²) in [5.74, 6) is -0.232. The van der Waals surface area contributed by atoms with Crippen LogP contribution in [0.3, 0.4) is 0 Å². The summed E-state index contributed by atoms with van der Waals surface area (Å²) in [5.41, 5.74) is -0.682. The molecule has 1 rings (SSSR count). The van der Waals surface area contributed by atoms with Crippen LogP contribution in [0.1, 0.15) is 38.5 Å². The van der Waals surface area contributed by atoms with Gasteiger partial charge in [-0.15, -0.1) is 0 Å². The van der Waals surface area contributed by atoms with Crippen molar-refractivity contribution in [3.63, 3.8) is 0 Å². The van der Waals surface area contributed by atoms with Gasteiger partial charge in [0.2, 0.25) is 11.8 Å². The van der Waals surface area contributed by atoms with Crippen molar-refractivity contribution in [1.82, 2.24) is 15.1 Å². The lowest BCUT2D eigenvalue weighted by atomic mass is 9.81. The Bertz CT molecular complexity index is 455. The van der Waals surface area contributed by atoms with Gasteiger partial charge < -0.3 is 15.0 Å². The third kappa shape index (κ3) is 6.10. The summed E-state index contributed by atoms with van der Waals surface area (Å²) in [5, 5.41) is 12.3. The number of rotatable bonds is 9. The highest BCUT2D eigenvalue weighted by Gasteiger charge is 2.38. The Labute approximate surface area is 144 Å². The summed E-state index contributed by atoms with van der Waals surface area (Å²) in [7, 11) is 5.06. The number of hydrogen-bond acceptors (Lipinski definition) is 5. The SMILES string of the molecule is COCCCNC(=O)CN(C)CC(=O)N(C)C1(C#N)CCCCC1. The Morgan fingerprint density at radius 3 is 2.46 bits per heavy atom. The van der Waals surface area contributed by atoms with Crippen molar-refractivity contribution >= 4 is 11.8 Å². The van der Waals surface area contributed by atoms with E-state index in [0.717, 1.165) is 38.5 Å². The maximum atomic E-state index is 12.5. The van der Waals surface area contributed by atoms with Crippen molar-refractivity contribution in [2.45, 2.75) is 44.1 Å². The normalized spacial score (nSPS) is 16.5. The third-order valence-corrected chi connectivity index (χ3v) is 4.57. The van der Waals surface area contributed by atoms with Crippen molar-refractivity contribution < 1.29 is 14.3 Å². The zero-order chi connectivity index (χ0) is 18.0. The van der Waals surface area contributed by atoms with Gasteiger partial charge in [0, 0.05) is 27.3 Å². The Balaban J connectivity index is 2.42. The average Bonchev–Trinajstić information content (AvgIpc) is 2.58. The Hall–Kier alpha value is -1.65. The summed E-state index contributed by atoms with van der Waals surface area (Å²) in [6.07, 6.45) is 5.30. The zero-order valence-corrected chi connectivity index (χ0v) is 15.1. The van der Waals surface area contributed by atoms with Crippen LogP contribution in [0.4, 0.5) is 0 Å². The van der Waals surface area contributed by atoms with Crippen molar-refractivity contribution in [3.8, 4) is 6.07 Å². The standard InChI is InChI=1S/C17H30N4O3/c1-20(12-15(22)19-10-7-11-24-3)13-16(23)21(2)17(14-18)8-5-4-6-9-17/h4-13H2,1-3H3,(H,19,22). The number of carbonyl (C=O) groups excluding carboxylic acids is 2. The van der Waals surface area contributed by atoms with Gasteiger partial charge in [0.15, 0.2) is 0 Å². The first-order valence-corrected chi connectivity index (χ1v) is 8.57. The molecule has 24 heavy (non-hydrogen) atoms. The molecule has 0 saturated heterocycles. The number of carbonyl (C=O) groups is 2. The highest BCUT2D eigenvalue weighted by molar-refractivity contribution is 5.81. The van der Waals surface area contributed by atoms with Gasteiger partial charge in [0.05, 0.1) is 19.2 Å². The molecule has 7 heteroatoms. The summed E-state index contributed by atoms with van der Waals surface area (Å²) in [4.78, 5) is 27.6. The van der Waals surface area contributed by atoms with E-state index in [1.807, 2.05) is 0 Å². The number of nitrogens with one attached hydrogen (secondary N) is 1. The maximum absolute atomic E-state index is 12.5. The fraction of sp³-hybridized carbons (Fsp3) is 0.824. The van der Waals surface area contributed by atoms with E-state index < -0.39 is 5.54 Å². The van der Waals surface area contributed by atoms with Crippen LogP contribution in [0.2, 0.25) is 0 Å². The summed E-state index contributed by atoms with van der Waals surface area (Å²) in [6, 6.07) is 2.35. The molecular formula is C17H30N4O3. The molecule has 0 unspecified atom stereocenters. The van der Waals surface area contributed by atoms with E-state index in [-0.39, 0.29) is 24.9 Å². The highest BCUT2D eigenvalue weighted by atomic mass is 16.5. The lowest BCUT2D eigenvalue weighted by molar-refractivity contribution is -0.136. The van der Waals surface area contributed by atoms with Gasteiger partial charge in [-0.25, -0.2) is 0 Å². The molecule has 0 atom stereocenters. The first-order chi connectivity index (χ1) is 11.4. The molecule has 0 aromatic heterocycles. The van der Waals surface area contributed by atoms with Crippen LogP contribution < -0.4 is 5.32 Å². The van der Waals surface area contributed by atoms with Crippen LogP contribution in [0.25, 0.3) is 0 Å². The molecule has 0 radical (unpaired) electrons. The molecule has 0 bridgehead atoms. The second-order valence-corrected chi connectivity index (χ2v) is 6.53. The molecule has 1 fully saturated rings. The second-order valence-electron chi connectivity index (χ2n) is 6.53. The van der Waals surface area contributed by atoms with Gasteiger partial charge in [0.25, 0.3) is 0 Å². The van der Waals surface area contributed by atoms with Crippen molar-refractivity contribution in [3.05, 3.63) is 0 Å². The monoisotopic (exact) mass is 338 g/mol. The van der Waals surface area contributed by atoms with Gasteiger partial charge in [-0.1, -0.05) is 19.3 Å². The number of likely N-dealkylation sites (N-methyl/N-ethyl adjacent to an activating group) is 2. The Morgan fingerprint density at radius 1 is 1.21 bits per heavy atom. The number of hydrogen-bond donors (Lipinski definition) is 1. The number of methoxy groups -OCH3 is 1. The molecule has 0 heterocycles. The topological polar surface area (TPSA) is 85.7 Å². The zero-order valence-electron chi connectivity index (χ0n) is 15.1. The van der Waals surface area contributed by atoms with Crippen LogP contribution >= 0.6 is 0 Å². The minimum absolute atomic E-state index is 0.114. The molecule has 7 nitrogen and oxygen atoms in total. The van der Waals surface area contributed by atoms with E-state index in [9.17, 15) is 14.9 Å². The van der Waals surface area contributed by atoms with Crippen molar-refractivity contribution in [1.29, 1.82) is 5.26 Å². The molecular weight excluding hydrogens is 308 g/mol. The molecule has 1 N–H and O–H groups in total. The van der Waals surface area contributed by atoms with E-state index in [0.29, 0.717) is 13.2 Å². The Morgan fingerprint density at radius 2 is 1.88 bits per heavy atom. The number of nitriles is 1. The smallest absolute Gasteiger partial charge is 0.237 e. The molecule has 1 aliphatic carbocycles. The van der Waals surface area contributed by atoms with Gasteiger partial charge in [-0.3, -0.25) is 14.5 Å². The van der Waals surface area contributed by atoms with Crippen LogP contribution in [0, 0.1) is 11.3 Å². The lowest BCUT2D eigenvalue weighted by Gasteiger charge is -2.39. The Kier molecular flexibility index (Phi) is 8.72. The van der Waals surface area contributed by atoms with Gasteiger partial charge in [-0.2, -0.15) is 5.26 Å². The molecule has 0 spiro atoms. The van der Waals surface area contributed by atoms with E-state index in [1.165, 1.54) is 0 Å². The third-order valence-electron chi connectivity index (χ3n) is 4.57. The fourth-order valence-corrected chi connectivity index (χ4v) is 3.04. The molecule has 1 saturated carbocycles.